The third-order valence-electron chi connectivity index (χ3n) is 4.80. The number of benzene rings is 3. The van der Waals surface area contributed by atoms with Crippen LogP contribution in [0.5, 0.6) is 11.5 Å². The molecule has 0 aliphatic rings. The predicted molar refractivity (Wildman–Crippen MR) is 119 cm³/mol. The van der Waals surface area contributed by atoms with Crippen molar-refractivity contribution in [2.24, 2.45) is 0 Å². The number of hydrogen-bond acceptors (Lipinski definition) is 5. The normalized spacial score (nSPS) is 10.4. The molecule has 3 aromatic rings. The van der Waals surface area contributed by atoms with Gasteiger partial charge in [0.1, 0.15) is 18.1 Å². The van der Waals surface area contributed by atoms with Crippen molar-refractivity contribution in [1.29, 1.82) is 0 Å². The highest BCUT2D eigenvalue weighted by Crippen LogP contribution is 2.36. The zero-order chi connectivity index (χ0) is 22.2. The second kappa shape index (κ2) is 10.4. The SMILES string of the molecule is COCC(=O)c1c(OC)cc(OC)cc1N(Cc1ccccc1)C(=O)c1ccccc1. The fraction of sp³-hybridized carbons (Fsp3) is 0.200. The number of methoxy groups -OCH3 is 3. The van der Waals surface area contributed by atoms with Gasteiger partial charge in [0.25, 0.3) is 5.91 Å². The van der Waals surface area contributed by atoms with Gasteiger partial charge in [-0.3, -0.25) is 9.59 Å². The van der Waals surface area contributed by atoms with Crippen molar-refractivity contribution in [2.75, 3.05) is 32.8 Å². The molecule has 0 heterocycles. The molecule has 0 unspecified atom stereocenters. The number of nitrogens with zero attached hydrogens (tertiary/aromatic N) is 1. The predicted octanol–water partition coefficient (Wildman–Crippen LogP) is 4.38. The minimum Gasteiger partial charge on any atom is -0.497 e. The largest absolute Gasteiger partial charge is 0.497 e. The molecule has 0 bridgehead atoms. The number of ketones is 1. The third-order valence-corrected chi connectivity index (χ3v) is 4.80. The van der Waals surface area contributed by atoms with Crippen molar-refractivity contribution < 1.29 is 23.8 Å². The monoisotopic (exact) mass is 419 g/mol. The van der Waals surface area contributed by atoms with Crippen LogP contribution < -0.4 is 14.4 Å². The van der Waals surface area contributed by atoms with E-state index in [0.29, 0.717) is 22.7 Å². The lowest BCUT2D eigenvalue weighted by Crippen LogP contribution is -2.32. The Morgan fingerprint density at radius 2 is 1.48 bits per heavy atom. The lowest BCUT2D eigenvalue weighted by molar-refractivity contribution is 0.0845. The lowest BCUT2D eigenvalue weighted by Gasteiger charge is -2.27. The van der Waals surface area contributed by atoms with Crippen LogP contribution in [0, 0.1) is 0 Å². The summed E-state index contributed by atoms with van der Waals surface area (Å²) < 4.78 is 16.0. The summed E-state index contributed by atoms with van der Waals surface area (Å²) in [6.45, 7) is 0.118. The summed E-state index contributed by atoms with van der Waals surface area (Å²) in [4.78, 5) is 28.1. The van der Waals surface area contributed by atoms with Crippen LogP contribution in [0.2, 0.25) is 0 Å². The molecule has 0 saturated heterocycles. The van der Waals surface area contributed by atoms with Crippen LogP contribution in [0.3, 0.4) is 0 Å². The van der Waals surface area contributed by atoms with Gasteiger partial charge in [0.2, 0.25) is 0 Å². The van der Waals surface area contributed by atoms with Crippen molar-refractivity contribution in [1.82, 2.24) is 0 Å². The van der Waals surface area contributed by atoms with Gasteiger partial charge in [-0.2, -0.15) is 0 Å². The summed E-state index contributed by atoms with van der Waals surface area (Å²) >= 11 is 0. The average molecular weight is 419 g/mol. The van der Waals surface area contributed by atoms with Gasteiger partial charge in [0.15, 0.2) is 5.78 Å². The summed E-state index contributed by atoms with van der Waals surface area (Å²) in [5.74, 6) is 0.247. The molecule has 6 nitrogen and oxygen atoms in total. The number of carbonyl (C=O) groups excluding carboxylic acids is 2. The quantitative estimate of drug-likeness (QED) is 0.482. The highest BCUT2D eigenvalue weighted by atomic mass is 16.5. The Kier molecular flexibility index (Phi) is 7.40. The van der Waals surface area contributed by atoms with Crippen LogP contribution in [0.1, 0.15) is 26.3 Å². The smallest absolute Gasteiger partial charge is 0.258 e. The Balaban J connectivity index is 2.21. The minimum absolute atomic E-state index is 0.144. The number of carbonyl (C=O) groups is 2. The molecule has 0 aromatic heterocycles. The van der Waals surface area contributed by atoms with E-state index in [4.69, 9.17) is 14.2 Å². The zero-order valence-electron chi connectivity index (χ0n) is 17.8. The van der Waals surface area contributed by atoms with Crippen molar-refractivity contribution in [3.63, 3.8) is 0 Å². The molecule has 31 heavy (non-hydrogen) atoms. The Morgan fingerprint density at radius 1 is 0.839 bits per heavy atom. The van der Waals surface area contributed by atoms with E-state index in [9.17, 15) is 9.59 Å². The van der Waals surface area contributed by atoms with Gasteiger partial charge in [-0.1, -0.05) is 48.5 Å². The van der Waals surface area contributed by atoms with Gasteiger partial charge in [-0.15, -0.1) is 0 Å². The van der Waals surface area contributed by atoms with E-state index in [-0.39, 0.29) is 30.4 Å². The number of anilines is 1. The van der Waals surface area contributed by atoms with Crippen molar-refractivity contribution in [2.45, 2.75) is 6.54 Å². The van der Waals surface area contributed by atoms with Gasteiger partial charge in [-0.25, -0.2) is 0 Å². The van der Waals surface area contributed by atoms with Crippen LogP contribution in [0.25, 0.3) is 0 Å². The molecule has 1 amide bonds. The highest BCUT2D eigenvalue weighted by Gasteiger charge is 2.27. The standard InChI is InChI=1S/C25H25NO5/c1-29-17-22(27)24-21(14-20(30-2)15-23(24)31-3)26(16-18-10-6-4-7-11-18)25(28)19-12-8-5-9-13-19/h4-15H,16-17H2,1-3H3. The Hall–Kier alpha value is -3.64. The first-order valence-electron chi connectivity index (χ1n) is 9.78. The molecule has 0 atom stereocenters. The van der Waals surface area contributed by atoms with E-state index in [0.717, 1.165) is 5.56 Å². The van der Waals surface area contributed by atoms with Gasteiger partial charge in [0, 0.05) is 24.8 Å². The number of Topliss-reactive ketones (excluding diaryl/α,β-unsaturated/α-hetero) is 1. The van der Waals surface area contributed by atoms with Gasteiger partial charge in [-0.05, 0) is 17.7 Å². The maximum absolute atomic E-state index is 13.6. The van der Waals surface area contributed by atoms with E-state index < -0.39 is 0 Å². The first-order chi connectivity index (χ1) is 15.1. The maximum atomic E-state index is 13.6. The van der Waals surface area contributed by atoms with Crippen LogP contribution in [0.15, 0.2) is 72.8 Å². The first-order valence-corrected chi connectivity index (χ1v) is 9.78. The van der Waals surface area contributed by atoms with Crippen molar-refractivity contribution in [3.05, 3.63) is 89.5 Å². The Bertz CT molecular complexity index is 1030. The highest BCUT2D eigenvalue weighted by molar-refractivity contribution is 6.12. The molecule has 0 N–H and O–H groups in total. The van der Waals surface area contributed by atoms with Crippen LogP contribution in [0.4, 0.5) is 5.69 Å². The number of hydrogen-bond donors (Lipinski definition) is 0. The molecule has 0 saturated carbocycles. The fourth-order valence-electron chi connectivity index (χ4n) is 3.32. The molecule has 0 spiro atoms. The number of rotatable bonds is 9. The zero-order valence-corrected chi connectivity index (χ0v) is 17.8. The van der Waals surface area contributed by atoms with Gasteiger partial charge in [0.05, 0.1) is 32.0 Å². The van der Waals surface area contributed by atoms with E-state index in [1.807, 2.05) is 36.4 Å². The Labute approximate surface area is 182 Å². The number of amides is 1. The average Bonchev–Trinajstić information content (AvgIpc) is 2.82. The van der Waals surface area contributed by atoms with E-state index in [1.165, 1.54) is 21.3 Å². The molecule has 0 aliphatic heterocycles. The maximum Gasteiger partial charge on any atom is 0.258 e. The van der Waals surface area contributed by atoms with Crippen LogP contribution in [-0.2, 0) is 11.3 Å². The van der Waals surface area contributed by atoms with Gasteiger partial charge >= 0.3 is 0 Å². The molecule has 6 heteroatoms. The third kappa shape index (κ3) is 5.10. The summed E-state index contributed by atoms with van der Waals surface area (Å²) in [5, 5.41) is 0. The van der Waals surface area contributed by atoms with E-state index in [2.05, 4.69) is 0 Å². The summed E-state index contributed by atoms with van der Waals surface area (Å²) in [6.07, 6.45) is 0. The van der Waals surface area contributed by atoms with E-state index in [1.54, 1.807) is 41.3 Å². The molecule has 0 radical (unpaired) electrons. The van der Waals surface area contributed by atoms with Crippen LogP contribution in [-0.4, -0.2) is 39.6 Å². The van der Waals surface area contributed by atoms with Crippen molar-refractivity contribution >= 4 is 17.4 Å². The molecular weight excluding hydrogens is 394 g/mol. The second-order valence-corrected chi connectivity index (χ2v) is 6.82. The Morgan fingerprint density at radius 3 is 2.06 bits per heavy atom. The molecule has 3 rings (SSSR count). The summed E-state index contributed by atoms with van der Waals surface area (Å²) in [5.41, 5.74) is 2.09. The molecular formula is C25H25NO5. The van der Waals surface area contributed by atoms with Gasteiger partial charge < -0.3 is 19.1 Å². The molecule has 160 valence electrons. The van der Waals surface area contributed by atoms with Crippen molar-refractivity contribution in [3.8, 4) is 11.5 Å². The number of ether oxygens (including phenoxy) is 3. The molecule has 0 aliphatic carbocycles. The molecule has 0 fully saturated rings. The minimum atomic E-state index is -0.295. The van der Waals surface area contributed by atoms with Crippen LogP contribution >= 0.6 is 0 Å². The summed E-state index contributed by atoms with van der Waals surface area (Å²) in [7, 11) is 4.45. The van der Waals surface area contributed by atoms with E-state index >= 15 is 0 Å². The second-order valence-electron chi connectivity index (χ2n) is 6.82. The lowest BCUT2D eigenvalue weighted by atomic mass is 10.0. The summed E-state index contributed by atoms with van der Waals surface area (Å²) in [6, 6.07) is 21.8. The molecule has 3 aromatic carbocycles. The topological polar surface area (TPSA) is 65.1 Å². The fourth-order valence-corrected chi connectivity index (χ4v) is 3.32. The first kappa shape index (κ1) is 22.1.